The van der Waals surface area contributed by atoms with Gasteiger partial charge < -0.3 is 19.3 Å². The molecule has 1 saturated carbocycles. The molecular formula is C17H20N4O3S. The molecule has 25 heavy (non-hydrogen) atoms. The highest BCUT2D eigenvalue weighted by molar-refractivity contribution is 7.92. The normalized spacial score (nSPS) is 19.4. The summed E-state index contributed by atoms with van der Waals surface area (Å²) in [6.07, 6.45) is 7.14. The quantitative estimate of drug-likeness (QED) is 0.788. The Kier molecular flexibility index (Phi) is 5.00. The van der Waals surface area contributed by atoms with Gasteiger partial charge in [-0.25, -0.2) is 15.0 Å². The van der Waals surface area contributed by atoms with E-state index >= 15 is 0 Å². The second-order valence-corrected chi connectivity index (χ2v) is 7.87. The third-order valence-corrected chi connectivity index (χ3v) is 5.89. The van der Waals surface area contributed by atoms with Crippen molar-refractivity contribution in [2.45, 2.75) is 42.1 Å². The molecule has 0 spiro atoms. The fourth-order valence-corrected chi connectivity index (χ4v) is 3.91. The maximum atomic E-state index is 12.1. The van der Waals surface area contributed by atoms with E-state index in [-0.39, 0.29) is 11.4 Å². The van der Waals surface area contributed by atoms with Crippen LogP contribution in [0.4, 0.5) is 0 Å². The van der Waals surface area contributed by atoms with Crippen LogP contribution in [0.1, 0.15) is 25.7 Å². The van der Waals surface area contributed by atoms with Crippen LogP contribution in [0, 0.1) is 0 Å². The van der Waals surface area contributed by atoms with E-state index in [1.165, 1.54) is 6.33 Å². The molecule has 0 amide bonds. The van der Waals surface area contributed by atoms with Crippen LogP contribution in [0.15, 0.2) is 35.7 Å². The smallest absolute Gasteiger partial charge is 0.244 e. The molecule has 2 aromatic rings. The highest BCUT2D eigenvalue weighted by Gasteiger charge is 2.36. The Morgan fingerprint density at radius 2 is 1.84 bits per heavy atom. The van der Waals surface area contributed by atoms with Crippen molar-refractivity contribution in [3.8, 4) is 17.5 Å². The Morgan fingerprint density at radius 3 is 2.56 bits per heavy atom. The van der Waals surface area contributed by atoms with Crippen LogP contribution >= 0.6 is 0 Å². The number of nitrogens with one attached hydrogen (secondary N) is 1. The summed E-state index contributed by atoms with van der Waals surface area (Å²) >= 11 is -1.00. The van der Waals surface area contributed by atoms with Crippen LogP contribution in [0.5, 0.6) is 17.5 Å². The van der Waals surface area contributed by atoms with Gasteiger partial charge in [0.15, 0.2) is 0 Å². The van der Waals surface area contributed by atoms with Crippen LogP contribution in [-0.2, 0) is 11.2 Å². The van der Waals surface area contributed by atoms with Gasteiger partial charge in [0.1, 0.15) is 23.4 Å². The summed E-state index contributed by atoms with van der Waals surface area (Å²) in [6, 6.07) is 5.19. The molecule has 1 N–H and O–H groups in total. The zero-order chi connectivity index (χ0) is 17.1. The largest absolute Gasteiger partial charge is 0.610 e. The van der Waals surface area contributed by atoms with Crippen LogP contribution < -0.4 is 14.8 Å². The molecule has 2 aliphatic rings. The third kappa shape index (κ3) is 4.39. The molecule has 2 fully saturated rings. The van der Waals surface area contributed by atoms with Crippen LogP contribution in [0.3, 0.4) is 0 Å². The lowest BCUT2D eigenvalue weighted by atomic mass is 10.1. The summed E-state index contributed by atoms with van der Waals surface area (Å²) in [5.41, 5.74) is 0. The molecule has 0 radical (unpaired) electrons. The minimum Gasteiger partial charge on any atom is -0.610 e. The van der Waals surface area contributed by atoms with Gasteiger partial charge >= 0.3 is 0 Å². The molecule has 1 aliphatic heterocycles. The maximum absolute atomic E-state index is 12.1. The predicted molar refractivity (Wildman–Crippen MR) is 92.3 cm³/mol. The summed E-state index contributed by atoms with van der Waals surface area (Å²) < 4.78 is 23.7. The van der Waals surface area contributed by atoms with Crippen molar-refractivity contribution in [2.75, 3.05) is 13.1 Å². The van der Waals surface area contributed by atoms with Crippen LogP contribution in [0.25, 0.3) is 0 Å². The Hall–Kier alpha value is -1.90. The number of hydrogen-bond donors (Lipinski definition) is 1. The summed E-state index contributed by atoms with van der Waals surface area (Å²) in [5.74, 6) is 1.45. The van der Waals surface area contributed by atoms with E-state index in [1.807, 2.05) is 0 Å². The van der Waals surface area contributed by atoms with Gasteiger partial charge in [0, 0.05) is 30.1 Å². The molecule has 132 valence electrons. The van der Waals surface area contributed by atoms with Gasteiger partial charge in [-0.15, -0.1) is 0 Å². The molecular weight excluding hydrogens is 340 g/mol. The van der Waals surface area contributed by atoms with E-state index < -0.39 is 11.2 Å². The monoisotopic (exact) mass is 360 g/mol. The molecule has 1 aliphatic carbocycles. The highest BCUT2D eigenvalue weighted by Crippen LogP contribution is 2.33. The van der Waals surface area contributed by atoms with Gasteiger partial charge in [0.05, 0.1) is 12.3 Å². The number of aromatic nitrogens is 3. The lowest BCUT2D eigenvalue weighted by Crippen LogP contribution is -2.34. The van der Waals surface area contributed by atoms with Crippen molar-refractivity contribution in [1.29, 1.82) is 0 Å². The minimum atomic E-state index is -1.00. The maximum Gasteiger partial charge on any atom is 0.244 e. The predicted octanol–water partition coefficient (Wildman–Crippen LogP) is 2.06. The molecule has 8 heteroatoms. The topological polar surface area (TPSA) is 92.2 Å². The summed E-state index contributed by atoms with van der Waals surface area (Å²) in [4.78, 5) is 12.5. The molecule has 1 saturated heterocycles. The first kappa shape index (κ1) is 16.6. The number of rotatable bonds is 6. The number of ether oxygens (including phenoxy) is 2. The van der Waals surface area contributed by atoms with Crippen molar-refractivity contribution >= 4 is 11.2 Å². The molecule has 3 heterocycles. The zero-order valence-corrected chi connectivity index (χ0v) is 14.6. The van der Waals surface area contributed by atoms with E-state index in [1.54, 1.807) is 24.4 Å². The summed E-state index contributed by atoms with van der Waals surface area (Å²) in [7, 11) is 0. The van der Waals surface area contributed by atoms with E-state index in [0.717, 1.165) is 38.8 Å². The molecule has 0 bridgehead atoms. The van der Waals surface area contributed by atoms with E-state index in [0.29, 0.717) is 22.5 Å². The minimum absolute atomic E-state index is 0.169. The lowest BCUT2D eigenvalue weighted by molar-refractivity contribution is 0.155. The van der Waals surface area contributed by atoms with Crippen molar-refractivity contribution in [1.82, 2.24) is 20.3 Å². The zero-order valence-electron chi connectivity index (χ0n) is 13.8. The average molecular weight is 360 g/mol. The van der Waals surface area contributed by atoms with Crippen LogP contribution in [-0.4, -0.2) is 43.9 Å². The molecule has 4 rings (SSSR count). The molecule has 1 atom stereocenters. The Balaban J connectivity index is 1.39. The molecule has 0 aromatic carbocycles. The van der Waals surface area contributed by atoms with Gasteiger partial charge in [-0.05, 0) is 32.0 Å². The number of hydrogen-bond acceptors (Lipinski definition) is 7. The fraction of sp³-hybridized carbons (Fsp3) is 0.471. The van der Waals surface area contributed by atoms with Gasteiger partial charge in [0.25, 0.3) is 0 Å². The van der Waals surface area contributed by atoms with E-state index in [9.17, 15) is 4.55 Å². The molecule has 1 unspecified atom stereocenters. The van der Waals surface area contributed by atoms with Crippen LogP contribution in [0.2, 0.25) is 0 Å². The van der Waals surface area contributed by atoms with Crippen molar-refractivity contribution < 1.29 is 14.0 Å². The second kappa shape index (κ2) is 7.55. The van der Waals surface area contributed by atoms with Gasteiger partial charge in [-0.2, -0.15) is 0 Å². The number of pyridine rings is 1. The second-order valence-electron chi connectivity index (χ2n) is 6.19. The first-order chi connectivity index (χ1) is 12.3. The summed E-state index contributed by atoms with van der Waals surface area (Å²) in [6.45, 7) is 1.92. The van der Waals surface area contributed by atoms with Crippen molar-refractivity contribution in [3.05, 3.63) is 30.7 Å². The fourth-order valence-electron chi connectivity index (χ4n) is 2.65. The lowest BCUT2D eigenvalue weighted by Gasteiger charge is -2.23. The van der Waals surface area contributed by atoms with E-state index in [4.69, 9.17) is 9.47 Å². The molecule has 7 nitrogen and oxygen atoms in total. The van der Waals surface area contributed by atoms with Gasteiger partial charge in [-0.3, -0.25) is 0 Å². The van der Waals surface area contributed by atoms with Gasteiger partial charge in [-0.1, -0.05) is 0 Å². The first-order valence-electron chi connectivity index (χ1n) is 8.52. The van der Waals surface area contributed by atoms with E-state index in [2.05, 4.69) is 20.3 Å². The number of nitrogens with zero attached hydrogens (tertiary/aromatic N) is 3. The Morgan fingerprint density at radius 1 is 1.04 bits per heavy atom. The molecule has 2 aromatic heterocycles. The first-order valence-corrected chi connectivity index (χ1v) is 9.73. The Bertz CT molecular complexity index is 705. The average Bonchev–Trinajstić information content (AvgIpc) is 3.48. The van der Waals surface area contributed by atoms with Crippen molar-refractivity contribution in [3.63, 3.8) is 0 Å². The van der Waals surface area contributed by atoms with Crippen molar-refractivity contribution in [2.24, 2.45) is 0 Å². The Labute approximate surface area is 149 Å². The third-order valence-electron chi connectivity index (χ3n) is 4.16. The number of piperidine rings is 1. The summed E-state index contributed by atoms with van der Waals surface area (Å²) in [5, 5.41) is 4.18. The SMILES string of the molecule is [O-][S+](c1ccc(Oc2cc(OC3CCNCC3)ncn2)cn1)C1CC1. The van der Waals surface area contributed by atoms with Gasteiger partial charge in [0.2, 0.25) is 16.8 Å². The standard InChI is InChI=1S/C17H20N4O3S/c22-25(14-2-3-14)17-4-1-13(10-19-17)24-16-9-15(20-11-21-16)23-12-5-7-18-8-6-12/h1,4,9-12,14,18H,2-3,5-8H2. The highest BCUT2D eigenvalue weighted by atomic mass is 32.2.